The van der Waals surface area contributed by atoms with Gasteiger partial charge >= 0.3 is 0 Å². The van der Waals surface area contributed by atoms with E-state index in [1.807, 2.05) is 18.4 Å². The number of hydrogen-bond donors (Lipinski definition) is 1. The Labute approximate surface area is 122 Å². The molecular formula is C15H18FN3O2. The van der Waals surface area contributed by atoms with Gasteiger partial charge in [0.2, 0.25) is 11.9 Å². The number of imidazole rings is 1. The second-order valence-electron chi connectivity index (χ2n) is 5.27. The fraction of sp³-hybridized carbons (Fsp3) is 0.467. The molecule has 0 spiro atoms. The lowest BCUT2D eigenvalue weighted by atomic mass is 10.0. The van der Waals surface area contributed by atoms with Crippen molar-refractivity contribution >= 4 is 22.9 Å². The molecule has 1 N–H and O–H groups in total. The van der Waals surface area contributed by atoms with Crippen molar-refractivity contribution in [1.82, 2.24) is 9.55 Å². The van der Waals surface area contributed by atoms with E-state index in [2.05, 4.69) is 10.3 Å². The minimum atomic E-state index is -0.334. The maximum atomic E-state index is 13.3. The van der Waals surface area contributed by atoms with Crippen LogP contribution in [0.4, 0.5) is 10.3 Å². The number of halogens is 1. The van der Waals surface area contributed by atoms with Crippen molar-refractivity contribution in [2.75, 3.05) is 11.9 Å². The molecule has 6 heteroatoms. The van der Waals surface area contributed by atoms with Gasteiger partial charge in [0.25, 0.3) is 0 Å². The van der Waals surface area contributed by atoms with Gasteiger partial charge in [-0.05, 0) is 32.4 Å². The van der Waals surface area contributed by atoms with E-state index in [1.165, 1.54) is 12.1 Å². The molecule has 1 saturated heterocycles. The zero-order valence-electron chi connectivity index (χ0n) is 12.1. The first kappa shape index (κ1) is 14.0. The molecule has 0 radical (unpaired) electrons. The number of nitrogens with one attached hydrogen (secondary N) is 1. The van der Waals surface area contributed by atoms with Gasteiger partial charge in [0, 0.05) is 19.2 Å². The van der Waals surface area contributed by atoms with Crippen LogP contribution in [0.15, 0.2) is 18.2 Å². The minimum Gasteiger partial charge on any atom is -0.378 e. The maximum absolute atomic E-state index is 13.3. The number of anilines is 1. The zero-order valence-corrected chi connectivity index (χ0v) is 12.1. The van der Waals surface area contributed by atoms with Crippen molar-refractivity contribution in [1.29, 1.82) is 0 Å². The van der Waals surface area contributed by atoms with E-state index >= 15 is 0 Å². The SMILES string of the molecule is CCn1c(NC(=O)[C@H]2CCO[C@@H]2C)nc2cc(F)ccc21. The van der Waals surface area contributed by atoms with E-state index in [1.54, 1.807) is 6.07 Å². The quantitative estimate of drug-likeness (QED) is 0.945. The third-order valence-electron chi connectivity index (χ3n) is 3.97. The molecule has 1 aliphatic heterocycles. The second-order valence-corrected chi connectivity index (χ2v) is 5.27. The van der Waals surface area contributed by atoms with Crippen molar-refractivity contribution in [2.24, 2.45) is 5.92 Å². The van der Waals surface area contributed by atoms with Gasteiger partial charge in [-0.25, -0.2) is 9.37 Å². The van der Waals surface area contributed by atoms with Gasteiger partial charge in [0.15, 0.2) is 0 Å². The summed E-state index contributed by atoms with van der Waals surface area (Å²) in [6.45, 7) is 5.11. The molecule has 2 aromatic rings. The number of ether oxygens (including phenoxy) is 1. The average molecular weight is 291 g/mol. The van der Waals surface area contributed by atoms with Crippen LogP contribution in [0.3, 0.4) is 0 Å². The maximum Gasteiger partial charge on any atom is 0.232 e. The van der Waals surface area contributed by atoms with Gasteiger partial charge in [-0.1, -0.05) is 0 Å². The van der Waals surface area contributed by atoms with Crippen molar-refractivity contribution in [3.63, 3.8) is 0 Å². The topological polar surface area (TPSA) is 56.2 Å². The van der Waals surface area contributed by atoms with E-state index in [4.69, 9.17) is 4.74 Å². The van der Waals surface area contributed by atoms with Gasteiger partial charge in [-0.15, -0.1) is 0 Å². The van der Waals surface area contributed by atoms with Crippen LogP contribution in [-0.4, -0.2) is 28.2 Å². The molecule has 2 atom stereocenters. The molecular weight excluding hydrogens is 273 g/mol. The molecule has 1 aromatic heterocycles. The smallest absolute Gasteiger partial charge is 0.232 e. The van der Waals surface area contributed by atoms with Crippen LogP contribution in [0.2, 0.25) is 0 Å². The Morgan fingerprint density at radius 3 is 3.05 bits per heavy atom. The Morgan fingerprint density at radius 2 is 2.38 bits per heavy atom. The van der Waals surface area contributed by atoms with Crippen LogP contribution < -0.4 is 5.32 Å². The predicted octanol–water partition coefficient (Wildman–Crippen LogP) is 2.56. The number of benzene rings is 1. The number of carbonyl (C=O) groups excluding carboxylic acids is 1. The highest BCUT2D eigenvalue weighted by atomic mass is 19.1. The molecule has 0 bridgehead atoms. The molecule has 5 nitrogen and oxygen atoms in total. The Kier molecular flexibility index (Phi) is 3.63. The number of hydrogen-bond acceptors (Lipinski definition) is 3. The highest BCUT2D eigenvalue weighted by Gasteiger charge is 2.31. The molecule has 1 aromatic carbocycles. The molecule has 3 rings (SSSR count). The van der Waals surface area contributed by atoms with Crippen LogP contribution in [0.1, 0.15) is 20.3 Å². The van der Waals surface area contributed by atoms with Crippen LogP contribution in [-0.2, 0) is 16.1 Å². The van der Waals surface area contributed by atoms with Gasteiger partial charge in [0.05, 0.1) is 23.1 Å². The zero-order chi connectivity index (χ0) is 15.0. The van der Waals surface area contributed by atoms with Gasteiger partial charge in [0.1, 0.15) is 5.82 Å². The normalized spacial score (nSPS) is 21.9. The first-order valence-electron chi connectivity index (χ1n) is 7.18. The second kappa shape index (κ2) is 5.44. The molecule has 1 aliphatic rings. The summed E-state index contributed by atoms with van der Waals surface area (Å²) in [6.07, 6.45) is 0.635. The molecule has 0 saturated carbocycles. The third kappa shape index (κ3) is 2.51. The first-order chi connectivity index (χ1) is 10.1. The molecule has 112 valence electrons. The summed E-state index contributed by atoms with van der Waals surface area (Å²) in [6, 6.07) is 4.45. The molecule has 2 heterocycles. The van der Waals surface area contributed by atoms with Crippen molar-refractivity contribution < 1.29 is 13.9 Å². The van der Waals surface area contributed by atoms with Gasteiger partial charge < -0.3 is 9.30 Å². The summed E-state index contributed by atoms with van der Waals surface area (Å²) >= 11 is 0. The number of amides is 1. The Morgan fingerprint density at radius 1 is 1.57 bits per heavy atom. The minimum absolute atomic E-state index is 0.0816. The summed E-state index contributed by atoms with van der Waals surface area (Å²) in [5.74, 6) is -0.126. The van der Waals surface area contributed by atoms with E-state index in [0.717, 1.165) is 5.52 Å². The third-order valence-corrected chi connectivity index (χ3v) is 3.97. The van der Waals surface area contributed by atoms with Crippen LogP contribution in [0.25, 0.3) is 11.0 Å². The van der Waals surface area contributed by atoms with E-state index in [-0.39, 0.29) is 23.7 Å². The van der Waals surface area contributed by atoms with Crippen molar-refractivity contribution in [2.45, 2.75) is 32.9 Å². The summed E-state index contributed by atoms with van der Waals surface area (Å²) in [4.78, 5) is 16.6. The monoisotopic (exact) mass is 291 g/mol. The van der Waals surface area contributed by atoms with E-state index < -0.39 is 0 Å². The summed E-state index contributed by atoms with van der Waals surface area (Å²) < 4.78 is 20.6. The summed E-state index contributed by atoms with van der Waals surface area (Å²) in [5.41, 5.74) is 1.35. The fourth-order valence-electron chi connectivity index (χ4n) is 2.80. The number of aryl methyl sites for hydroxylation is 1. The molecule has 0 aliphatic carbocycles. The molecule has 1 fully saturated rings. The lowest BCUT2D eigenvalue weighted by Gasteiger charge is -2.14. The summed E-state index contributed by atoms with van der Waals surface area (Å²) in [7, 11) is 0. The standard InChI is InChI=1S/C15H18FN3O2/c1-3-19-13-5-4-10(16)8-12(13)17-15(19)18-14(20)11-6-7-21-9(11)2/h4-5,8-9,11H,3,6-7H2,1-2H3,(H,17,18,20)/t9-,11+/m1/s1. The lowest BCUT2D eigenvalue weighted by Crippen LogP contribution is -2.29. The first-order valence-corrected chi connectivity index (χ1v) is 7.18. The average Bonchev–Trinajstić information content (AvgIpc) is 3.01. The Bertz CT molecular complexity index is 683. The van der Waals surface area contributed by atoms with E-state index in [0.29, 0.717) is 31.0 Å². The number of carbonyl (C=O) groups is 1. The predicted molar refractivity (Wildman–Crippen MR) is 77.5 cm³/mol. The van der Waals surface area contributed by atoms with Gasteiger partial charge in [-0.2, -0.15) is 0 Å². The number of nitrogens with zero attached hydrogens (tertiary/aromatic N) is 2. The van der Waals surface area contributed by atoms with Crippen molar-refractivity contribution in [3.8, 4) is 0 Å². The highest BCUT2D eigenvalue weighted by Crippen LogP contribution is 2.24. The Balaban J connectivity index is 1.91. The largest absolute Gasteiger partial charge is 0.378 e. The molecule has 21 heavy (non-hydrogen) atoms. The lowest BCUT2D eigenvalue weighted by molar-refractivity contribution is -0.121. The highest BCUT2D eigenvalue weighted by molar-refractivity contribution is 5.93. The van der Waals surface area contributed by atoms with Crippen LogP contribution in [0, 0.1) is 11.7 Å². The van der Waals surface area contributed by atoms with Crippen LogP contribution >= 0.6 is 0 Å². The number of aromatic nitrogens is 2. The van der Waals surface area contributed by atoms with Crippen LogP contribution in [0.5, 0.6) is 0 Å². The molecule has 1 amide bonds. The number of fused-ring (bicyclic) bond motifs is 1. The van der Waals surface area contributed by atoms with Crippen molar-refractivity contribution in [3.05, 3.63) is 24.0 Å². The Hall–Kier alpha value is -1.95. The summed E-state index contributed by atoms with van der Waals surface area (Å²) in [5, 5.41) is 2.85. The fourth-order valence-corrected chi connectivity index (χ4v) is 2.80. The van der Waals surface area contributed by atoms with E-state index in [9.17, 15) is 9.18 Å². The van der Waals surface area contributed by atoms with Gasteiger partial charge in [-0.3, -0.25) is 10.1 Å². The number of rotatable bonds is 3. The molecule has 0 unspecified atom stereocenters.